The summed E-state index contributed by atoms with van der Waals surface area (Å²) < 4.78 is 5.67. The summed E-state index contributed by atoms with van der Waals surface area (Å²) in [6, 6.07) is 18.5. The highest BCUT2D eigenvalue weighted by Crippen LogP contribution is 2.31. The van der Waals surface area contributed by atoms with Crippen LogP contribution in [0.15, 0.2) is 54.6 Å². The summed E-state index contributed by atoms with van der Waals surface area (Å²) in [6.07, 6.45) is 4.46. The highest BCUT2D eigenvalue weighted by Gasteiger charge is 2.28. The summed E-state index contributed by atoms with van der Waals surface area (Å²) >= 11 is 0. The fraction of sp³-hybridized carbons (Fsp3) is 0.478. The van der Waals surface area contributed by atoms with Crippen LogP contribution >= 0.6 is 0 Å². The smallest absolute Gasteiger partial charge is 0.119 e. The van der Waals surface area contributed by atoms with Gasteiger partial charge in [-0.15, -0.1) is 0 Å². The van der Waals surface area contributed by atoms with Gasteiger partial charge in [-0.05, 0) is 48.9 Å². The van der Waals surface area contributed by atoms with Gasteiger partial charge in [0.15, 0.2) is 0 Å². The normalized spacial score (nSPS) is 17.6. The lowest BCUT2D eigenvalue weighted by Crippen LogP contribution is -3.13. The molecule has 0 amide bonds. The third-order valence-corrected chi connectivity index (χ3v) is 5.37. The van der Waals surface area contributed by atoms with Gasteiger partial charge < -0.3 is 14.7 Å². The molecule has 2 atom stereocenters. The van der Waals surface area contributed by atoms with Crippen LogP contribution in [0.1, 0.15) is 55.8 Å². The van der Waals surface area contributed by atoms with Crippen molar-refractivity contribution in [2.45, 2.75) is 44.6 Å². The van der Waals surface area contributed by atoms with Crippen molar-refractivity contribution in [2.24, 2.45) is 0 Å². The maximum Gasteiger partial charge on any atom is 0.119 e. The van der Waals surface area contributed by atoms with Crippen molar-refractivity contribution in [1.82, 2.24) is 0 Å². The van der Waals surface area contributed by atoms with E-state index >= 15 is 0 Å². The van der Waals surface area contributed by atoms with Crippen LogP contribution in [-0.2, 0) is 0 Å². The molecular weight excluding hydrogens is 322 g/mol. The Kier molecular flexibility index (Phi) is 7.10. The topological polar surface area (TPSA) is 33.9 Å². The number of hydrogen-bond donors (Lipinski definition) is 2. The molecule has 3 rings (SSSR count). The molecule has 3 heteroatoms. The van der Waals surface area contributed by atoms with Crippen molar-refractivity contribution < 1.29 is 14.7 Å². The third kappa shape index (κ3) is 5.09. The van der Waals surface area contributed by atoms with Gasteiger partial charge in [0.25, 0.3) is 0 Å². The van der Waals surface area contributed by atoms with Crippen LogP contribution in [0.25, 0.3) is 0 Å². The van der Waals surface area contributed by atoms with Gasteiger partial charge in [-0.3, -0.25) is 0 Å². The molecule has 0 radical (unpaired) electrons. The molecule has 1 aliphatic rings. The summed E-state index contributed by atoms with van der Waals surface area (Å²) in [7, 11) is 0. The highest BCUT2D eigenvalue weighted by molar-refractivity contribution is 5.31. The Labute approximate surface area is 157 Å². The molecule has 0 saturated carbocycles. The lowest BCUT2D eigenvalue weighted by atomic mass is 9.88. The van der Waals surface area contributed by atoms with E-state index in [9.17, 15) is 5.11 Å². The van der Waals surface area contributed by atoms with E-state index in [1.54, 1.807) is 4.90 Å². The van der Waals surface area contributed by atoms with Gasteiger partial charge in [-0.2, -0.15) is 0 Å². The summed E-state index contributed by atoms with van der Waals surface area (Å²) in [4.78, 5) is 1.62. The van der Waals surface area contributed by atoms with Crippen LogP contribution in [0, 0.1) is 0 Å². The number of piperidine rings is 1. The van der Waals surface area contributed by atoms with Gasteiger partial charge in [0.05, 0.1) is 38.3 Å². The van der Waals surface area contributed by atoms with Crippen molar-refractivity contribution in [3.8, 4) is 5.75 Å². The van der Waals surface area contributed by atoms with Crippen LogP contribution in [0.5, 0.6) is 5.75 Å². The second-order valence-electron chi connectivity index (χ2n) is 7.39. The Morgan fingerprint density at radius 2 is 1.62 bits per heavy atom. The molecule has 1 saturated heterocycles. The maximum atomic E-state index is 11.2. The molecule has 2 aromatic carbocycles. The molecule has 0 aliphatic carbocycles. The van der Waals surface area contributed by atoms with Crippen molar-refractivity contribution >= 4 is 0 Å². The molecule has 2 aromatic rings. The Hall–Kier alpha value is -1.84. The van der Waals surface area contributed by atoms with Crippen molar-refractivity contribution in [2.75, 3.05) is 26.2 Å². The Morgan fingerprint density at radius 1 is 0.923 bits per heavy atom. The minimum absolute atomic E-state index is 0.117. The summed E-state index contributed by atoms with van der Waals surface area (Å²) in [5.74, 6) is 0.993. The van der Waals surface area contributed by atoms with Crippen LogP contribution < -0.4 is 9.64 Å². The fourth-order valence-electron chi connectivity index (χ4n) is 3.89. The van der Waals surface area contributed by atoms with Crippen LogP contribution in [-0.4, -0.2) is 31.3 Å². The third-order valence-electron chi connectivity index (χ3n) is 5.37. The minimum Gasteiger partial charge on any atom is -0.494 e. The van der Waals surface area contributed by atoms with Crippen LogP contribution in [0.3, 0.4) is 0 Å². The number of aliphatic hydroxyl groups is 1. The van der Waals surface area contributed by atoms with E-state index in [0.717, 1.165) is 30.9 Å². The SMILES string of the molecule is CCCOc1ccc([C@H](O)[C@@H](C[NH+]2CCCCC2)c2ccccc2)cc1. The van der Waals surface area contributed by atoms with Gasteiger partial charge >= 0.3 is 0 Å². The lowest BCUT2D eigenvalue weighted by Gasteiger charge is -2.30. The first-order valence-corrected chi connectivity index (χ1v) is 10.1. The molecule has 26 heavy (non-hydrogen) atoms. The molecule has 0 spiro atoms. The number of rotatable bonds is 8. The van der Waals surface area contributed by atoms with E-state index in [1.807, 2.05) is 30.3 Å². The molecule has 0 aromatic heterocycles. The summed E-state index contributed by atoms with van der Waals surface area (Å²) in [6.45, 7) is 6.26. The van der Waals surface area contributed by atoms with Crippen molar-refractivity contribution in [3.63, 3.8) is 0 Å². The Balaban J connectivity index is 1.76. The average molecular weight is 355 g/mol. The molecule has 0 bridgehead atoms. The van der Waals surface area contributed by atoms with E-state index in [1.165, 1.54) is 37.9 Å². The van der Waals surface area contributed by atoms with Gasteiger partial charge in [-0.25, -0.2) is 0 Å². The predicted octanol–water partition coefficient (Wildman–Crippen LogP) is 3.36. The molecule has 1 heterocycles. The number of aliphatic hydroxyl groups excluding tert-OH is 1. The lowest BCUT2D eigenvalue weighted by molar-refractivity contribution is -0.906. The second-order valence-corrected chi connectivity index (χ2v) is 7.39. The van der Waals surface area contributed by atoms with E-state index in [4.69, 9.17) is 4.74 Å². The first kappa shape index (κ1) is 18.9. The molecule has 1 fully saturated rings. The molecule has 2 N–H and O–H groups in total. The Bertz CT molecular complexity index is 635. The molecule has 140 valence electrons. The van der Waals surface area contributed by atoms with Crippen LogP contribution in [0.2, 0.25) is 0 Å². The number of likely N-dealkylation sites (tertiary alicyclic amines) is 1. The number of nitrogens with one attached hydrogen (secondary N) is 1. The standard InChI is InChI=1S/C23H31NO2/c1-2-17-26-21-13-11-20(12-14-21)23(25)22(19-9-5-3-6-10-19)18-24-15-7-4-8-16-24/h3,5-6,9-14,22-23,25H,2,4,7-8,15-18H2,1H3/p+1/t22-,23-/m0/s1. The van der Waals surface area contributed by atoms with Gasteiger partial charge in [0, 0.05) is 0 Å². The molecule has 1 aliphatic heterocycles. The van der Waals surface area contributed by atoms with E-state index in [2.05, 4.69) is 31.2 Å². The van der Waals surface area contributed by atoms with Gasteiger partial charge in [0.2, 0.25) is 0 Å². The van der Waals surface area contributed by atoms with E-state index < -0.39 is 6.10 Å². The van der Waals surface area contributed by atoms with E-state index in [0.29, 0.717) is 0 Å². The number of quaternary nitrogens is 1. The van der Waals surface area contributed by atoms with E-state index in [-0.39, 0.29) is 5.92 Å². The number of benzene rings is 2. The Morgan fingerprint density at radius 3 is 2.27 bits per heavy atom. The zero-order chi connectivity index (χ0) is 18.2. The zero-order valence-electron chi connectivity index (χ0n) is 15.9. The summed E-state index contributed by atoms with van der Waals surface area (Å²) in [5, 5.41) is 11.2. The quantitative estimate of drug-likeness (QED) is 0.762. The number of hydrogen-bond acceptors (Lipinski definition) is 2. The first-order chi connectivity index (χ1) is 12.8. The zero-order valence-corrected chi connectivity index (χ0v) is 15.9. The molecular formula is C23H32NO2+. The van der Waals surface area contributed by atoms with Crippen LogP contribution in [0.4, 0.5) is 0 Å². The highest BCUT2D eigenvalue weighted by atomic mass is 16.5. The monoisotopic (exact) mass is 354 g/mol. The first-order valence-electron chi connectivity index (χ1n) is 10.1. The number of ether oxygens (including phenoxy) is 1. The minimum atomic E-state index is -0.493. The molecule has 3 nitrogen and oxygen atoms in total. The largest absolute Gasteiger partial charge is 0.494 e. The predicted molar refractivity (Wildman–Crippen MR) is 106 cm³/mol. The maximum absolute atomic E-state index is 11.2. The second kappa shape index (κ2) is 9.75. The fourth-order valence-corrected chi connectivity index (χ4v) is 3.89. The van der Waals surface area contributed by atoms with Crippen molar-refractivity contribution in [1.29, 1.82) is 0 Å². The van der Waals surface area contributed by atoms with Gasteiger partial charge in [0.1, 0.15) is 5.75 Å². The summed E-state index contributed by atoms with van der Waals surface area (Å²) in [5.41, 5.74) is 2.20. The van der Waals surface area contributed by atoms with Crippen molar-refractivity contribution in [3.05, 3.63) is 65.7 Å². The average Bonchev–Trinajstić information content (AvgIpc) is 2.72. The molecule has 0 unspecified atom stereocenters. The van der Waals surface area contributed by atoms with Gasteiger partial charge in [-0.1, -0.05) is 49.4 Å².